The molecule has 0 spiro atoms. The fourth-order valence-corrected chi connectivity index (χ4v) is 4.22. The van der Waals surface area contributed by atoms with Crippen LogP contribution in [0.5, 0.6) is 0 Å². The number of hydrogen-bond acceptors (Lipinski definition) is 4. The Morgan fingerprint density at radius 3 is 1.46 bits per heavy atom. The number of hydrogen-bond donors (Lipinski definition) is 2. The molecule has 0 atom stereocenters. The van der Waals surface area contributed by atoms with Crippen LogP contribution in [0.1, 0.15) is 17.5 Å². The number of rotatable bonds is 10. The first-order valence-corrected chi connectivity index (χ1v) is 12.5. The number of para-hydroxylation sites is 2. The number of nitrogens with one attached hydrogen (secondary N) is 2. The van der Waals surface area contributed by atoms with E-state index in [0.29, 0.717) is 10.2 Å². The van der Waals surface area contributed by atoms with Gasteiger partial charge in [-0.15, -0.1) is 0 Å². The number of benzene rings is 4. The van der Waals surface area contributed by atoms with Gasteiger partial charge in [0.15, 0.2) is 0 Å². The van der Waals surface area contributed by atoms with Gasteiger partial charge in [-0.3, -0.25) is 0 Å². The Labute approximate surface area is 224 Å². The molecule has 6 nitrogen and oxygen atoms in total. The molecule has 184 valence electrons. The van der Waals surface area contributed by atoms with Crippen LogP contribution in [0, 0.1) is 0 Å². The van der Waals surface area contributed by atoms with Gasteiger partial charge >= 0.3 is 219 Å². The molecule has 4 aromatic rings. The van der Waals surface area contributed by atoms with E-state index in [-0.39, 0.29) is 0 Å². The van der Waals surface area contributed by atoms with Crippen molar-refractivity contribution in [2.24, 2.45) is 0 Å². The van der Waals surface area contributed by atoms with Gasteiger partial charge in [-0.2, -0.15) is 0 Å². The second-order valence-electron chi connectivity index (χ2n) is 8.07. The van der Waals surface area contributed by atoms with Gasteiger partial charge in [0.25, 0.3) is 0 Å². The average Bonchev–Trinajstić information content (AvgIpc) is 2.96. The molecule has 0 bridgehead atoms. The number of amides is 2. The van der Waals surface area contributed by atoms with Crippen LogP contribution in [0.2, 0.25) is 0 Å². The molecular weight excluding hydrogens is 527 g/mol. The van der Waals surface area contributed by atoms with E-state index >= 15 is 0 Å². The van der Waals surface area contributed by atoms with E-state index in [1.54, 1.807) is 10.0 Å². The Balaban J connectivity index is 1.50. The van der Waals surface area contributed by atoms with Crippen LogP contribution >= 0.6 is 0 Å². The molecule has 0 aliphatic heterocycles. The van der Waals surface area contributed by atoms with Gasteiger partial charge in [0, 0.05) is 0 Å². The minimum atomic E-state index is -0.479. The number of hydrazine groups is 2. The number of anilines is 2. The molecule has 0 unspecified atom stereocenters. The second-order valence-corrected chi connectivity index (χ2v) is 8.88. The van der Waals surface area contributed by atoms with Crippen molar-refractivity contribution in [3.05, 3.63) is 139 Å². The third-order valence-corrected chi connectivity index (χ3v) is 6.30. The molecule has 37 heavy (non-hydrogen) atoms. The van der Waals surface area contributed by atoms with Crippen molar-refractivity contribution in [3.8, 4) is 0 Å². The topological polar surface area (TPSA) is 64.7 Å². The van der Waals surface area contributed by atoms with Gasteiger partial charge < -0.3 is 0 Å². The van der Waals surface area contributed by atoms with Crippen molar-refractivity contribution in [2.75, 3.05) is 10.0 Å². The zero-order valence-corrected chi connectivity index (χ0v) is 21.8. The molecule has 0 aliphatic carbocycles. The zero-order valence-electron chi connectivity index (χ0n) is 20.1. The van der Waals surface area contributed by atoms with Crippen LogP contribution in [0.3, 0.4) is 0 Å². The van der Waals surface area contributed by atoms with Crippen LogP contribution in [-0.4, -0.2) is 31.9 Å². The van der Waals surface area contributed by atoms with E-state index in [9.17, 15) is 9.59 Å². The molecule has 0 saturated carbocycles. The van der Waals surface area contributed by atoms with E-state index in [2.05, 4.69) is 33.0 Å². The van der Waals surface area contributed by atoms with E-state index < -0.39 is 18.2 Å². The predicted molar refractivity (Wildman–Crippen MR) is 151 cm³/mol. The Morgan fingerprint density at radius 2 is 0.973 bits per heavy atom. The summed E-state index contributed by atoms with van der Waals surface area (Å²) in [6, 6.07) is 37.9. The quantitative estimate of drug-likeness (QED) is 0.173. The first-order valence-electron chi connectivity index (χ1n) is 11.7. The summed E-state index contributed by atoms with van der Waals surface area (Å²) in [5.41, 5.74) is 9.48. The van der Waals surface area contributed by atoms with E-state index in [1.807, 2.05) is 121 Å². The monoisotopic (exact) mass is 554 g/mol. The summed E-state index contributed by atoms with van der Waals surface area (Å²) in [4.78, 5) is 26.1. The van der Waals surface area contributed by atoms with Crippen molar-refractivity contribution in [2.45, 2.75) is 6.42 Å². The van der Waals surface area contributed by atoms with Gasteiger partial charge in [-0.25, -0.2) is 0 Å². The van der Waals surface area contributed by atoms with Gasteiger partial charge in [0.1, 0.15) is 0 Å². The molecule has 4 aromatic carbocycles. The van der Waals surface area contributed by atoms with Crippen molar-refractivity contribution < 1.29 is 9.59 Å². The predicted octanol–water partition coefficient (Wildman–Crippen LogP) is 4.47. The number of carbonyl (C=O) groups is 2. The summed E-state index contributed by atoms with van der Waals surface area (Å²) >= 11 is 3.04. The second kappa shape index (κ2) is 12.5. The van der Waals surface area contributed by atoms with Crippen molar-refractivity contribution in [1.29, 1.82) is 0 Å². The van der Waals surface area contributed by atoms with Gasteiger partial charge in [-0.05, 0) is 0 Å². The molecule has 0 fully saturated rings. The van der Waals surface area contributed by atoms with Crippen LogP contribution in [0.15, 0.2) is 128 Å². The Bertz CT molecular complexity index is 1260. The molecule has 2 N–H and O–H groups in total. The summed E-state index contributed by atoms with van der Waals surface area (Å²) in [6.45, 7) is 4.17. The SMILES string of the molecule is C=C(c1ccccc1)N(NC(=O)CC(=O)NN(C(=[Se])c1ccccc1)c1ccccc1)c1ccccc1. The number of carbonyl (C=O) groups excluding carboxylic acids is 2. The zero-order chi connectivity index (χ0) is 26.0. The standard InChI is InChI=1S/C30H26N4O2Se/c1-23(24-14-6-2-7-15-24)33(26-18-10-4-11-19-26)31-28(35)22-29(36)32-34(27-20-12-5-13-21-27)30(37)25-16-8-3-9-17-25/h2-21H,1,22H2,(H,31,35)(H,32,36). The maximum absolute atomic E-state index is 13.0. The van der Waals surface area contributed by atoms with Gasteiger partial charge in [-0.1, -0.05) is 6.07 Å². The maximum atomic E-state index is 13.0. The van der Waals surface area contributed by atoms with Crippen LogP contribution in [-0.2, 0) is 9.59 Å². The average molecular weight is 554 g/mol. The fraction of sp³-hybridized carbons (Fsp3) is 0.0333. The van der Waals surface area contributed by atoms with E-state index in [1.165, 1.54) is 0 Å². The van der Waals surface area contributed by atoms with Crippen LogP contribution in [0.4, 0.5) is 11.4 Å². The third kappa shape index (κ3) is 6.82. The third-order valence-electron chi connectivity index (χ3n) is 5.42. The molecule has 4 rings (SSSR count). The summed E-state index contributed by atoms with van der Waals surface area (Å²) in [6.07, 6.45) is -0.392. The molecule has 0 heterocycles. The number of nitrogens with zero attached hydrogens (tertiary/aromatic N) is 2. The summed E-state index contributed by atoms with van der Waals surface area (Å²) in [7, 11) is 0. The van der Waals surface area contributed by atoms with Gasteiger partial charge in [0.2, 0.25) is 0 Å². The molecular formula is C30H26N4O2Se. The fourth-order valence-electron chi connectivity index (χ4n) is 3.62. The minimum absolute atomic E-state index is 0.392. The van der Waals surface area contributed by atoms with Crippen LogP contribution in [0.25, 0.3) is 5.70 Å². The van der Waals surface area contributed by atoms with E-state index in [0.717, 1.165) is 22.5 Å². The van der Waals surface area contributed by atoms with Crippen LogP contribution < -0.4 is 20.9 Å². The molecule has 7 heteroatoms. The Kier molecular flexibility index (Phi) is 8.66. The summed E-state index contributed by atoms with van der Waals surface area (Å²) in [5, 5.41) is 3.23. The molecule has 0 aliphatic rings. The first kappa shape index (κ1) is 25.6. The Hall–Kier alpha value is -4.45. The summed E-state index contributed by atoms with van der Waals surface area (Å²) in [5.74, 6) is -0.948. The molecule has 0 aromatic heterocycles. The molecule has 0 saturated heterocycles. The van der Waals surface area contributed by atoms with Crippen molar-refractivity contribution in [3.63, 3.8) is 0 Å². The Morgan fingerprint density at radius 1 is 0.595 bits per heavy atom. The first-order chi connectivity index (χ1) is 18.0. The molecule has 2 amide bonds. The van der Waals surface area contributed by atoms with Crippen molar-refractivity contribution >= 4 is 49.0 Å². The molecule has 0 radical (unpaired) electrons. The van der Waals surface area contributed by atoms with Gasteiger partial charge in [0.05, 0.1) is 0 Å². The summed E-state index contributed by atoms with van der Waals surface area (Å²) < 4.78 is 0.698. The van der Waals surface area contributed by atoms with Crippen molar-refractivity contribution in [1.82, 2.24) is 10.9 Å². The van der Waals surface area contributed by atoms with E-state index in [4.69, 9.17) is 0 Å². The normalized spacial score (nSPS) is 10.2.